The molecule has 0 saturated carbocycles. The minimum absolute atomic E-state index is 0.127. The van der Waals surface area contributed by atoms with Crippen LogP contribution in [0.25, 0.3) is 0 Å². The Hall–Kier alpha value is -2.85. The zero-order valence-electron chi connectivity index (χ0n) is 19.6. The molecule has 8 nitrogen and oxygen atoms in total. The van der Waals surface area contributed by atoms with E-state index in [0.717, 1.165) is 21.8 Å². The molecular formula is C23H28N4O4S2. The Morgan fingerprint density at radius 1 is 1.15 bits per heavy atom. The molecule has 0 aliphatic carbocycles. The van der Waals surface area contributed by atoms with Crippen LogP contribution in [-0.4, -0.2) is 39.0 Å². The summed E-state index contributed by atoms with van der Waals surface area (Å²) in [5, 5.41) is 12.3. The van der Waals surface area contributed by atoms with Crippen molar-refractivity contribution < 1.29 is 19.1 Å². The Kier molecular flexibility index (Phi) is 8.15. The lowest BCUT2D eigenvalue weighted by Crippen LogP contribution is -2.16. The van der Waals surface area contributed by atoms with Crippen molar-refractivity contribution in [1.82, 2.24) is 14.8 Å². The molecule has 176 valence electrons. The lowest BCUT2D eigenvalue weighted by atomic mass is 10.1. The SMILES string of the molecule is CCOC(=O)c1c(NC(=O)CSc2nnc(COc3ccc(C)c(C)c3)n2C)sc(C)c1C. The van der Waals surface area contributed by atoms with E-state index < -0.39 is 5.97 Å². The van der Waals surface area contributed by atoms with Crippen LogP contribution in [0.15, 0.2) is 23.4 Å². The van der Waals surface area contributed by atoms with Gasteiger partial charge in [-0.3, -0.25) is 4.79 Å². The fourth-order valence-electron chi connectivity index (χ4n) is 3.00. The molecule has 0 aliphatic rings. The molecule has 0 unspecified atom stereocenters. The number of aryl methyl sites for hydroxylation is 3. The molecule has 0 fully saturated rings. The van der Waals surface area contributed by atoms with Crippen LogP contribution in [-0.2, 0) is 23.2 Å². The predicted molar refractivity (Wildman–Crippen MR) is 130 cm³/mol. The van der Waals surface area contributed by atoms with Gasteiger partial charge in [-0.15, -0.1) is 21.5 Å². The molecule has 2 heterocycles. The van der Waals surface area contributed by atoms with Crippen molar-refractivity contribution in [2.75, 3.05) is 17.7 Å². The van der Waals surface area contributed by atoms with Gasteiger partial charge >= 0.3 is 5.97 Å². The van der Waals surface area contributed by atoms with Crippen LogP contribution in [0, 0.1) is 27.7 Å². The van der Waals surface area contributed by atoms with Crippen LogP contribution in [0.2, 0.25) is 0 Å². The van der Waals surface area contributed by atoms with Crippen LogP contribution < -0.4 is 10.1 Å². The lowest BCUT2D eigenvalue weighted by Gasteiger charge is -2.09. The summed E-state index contributed by atoms with van der Waals surface area (Å²) < 4.78 is 12.8. The van der Waals surface area contributed by atoms with E-state index in [1.807, 2.05) is 50.6 Å². The van der Waals surface area contributed by atoms with Gasteiger partial charge in [0, 0.05) is 11.9 Å². The topological polar surface area (TPSA) is 95.3 Å². The molecule has 0 atom stereocenters. The van der Waals surface area contributed by atoms with Gasteiger partial charge in [0.05, 0.1) is 17.9 Å². The van der Waals surface area contributed by atoms with E-state index >= 15 is 0 Å². The Morgan fingerprint density at radius 2 is 1.91 bits per heavy atom. The Morgan fingerprint density at radius 3 is 2.61 bits per heavy atom. The molecular weight excluding hydrogens is 460 g/mol. The number of hydrogen-bond donors (Lipinski definition) is 1. The van der Waals surface area contributed by atoms with E-state index in [0.29, 0.717) is 21.5 Å². The van der Waals surface area contributed by atoms with Crippen LogP contribution in [0.3, 0.4) is 0 Å². The molecule has 33 heavy (non-hydrogen) atoms. The fraction of sp³-hybridized carbons (Fsp3) is 0.391. The number of nitrogens with zero attached hydrogens (tertiary/aromatic N) is 3. The monoisotopic (exact) mass is 488 g/mol. The fourth-order valence-corrected chi connectivity index (χ4v) is 4.80. The van der Waals surface area contributed by atoms with Crippen molar-refractivity contribution in [2.45, 2.75) is 46.4 Å². The third-order valence-electron chi connectivity index (χ3n) is 5.22. The maximum Gasteiger partial charge on any atom is 0.341 e. The maximum atomic E-state index is 12.6. The van der Waals surface area contributed by atoms with Crippen LogP contribution in [0.1, 0.15) is 44.7 Å². The summed E-state index contributed by atoms with van der Waals surface area (Å²) in [5.41, 5.74) is 3.61. The highest BCUT2D eigenvalue weighted by Gasteiger charge is 2.22. The molecule has 10 heteroatoms. The summed E-state index contributed by atoms with van der Waals surface area (Å²) >= 11 is 2.63. The first-order valence-corrected chi connectivity index (χ1v) is 12.3. The van der Waals surface area contributed by atoms with E-state index in [4.69, 9.17) is 9.47 Å². The number of esters is 1. The van der Waals surface area contributed by atoms with E-state index in [1.54, 1.807) is 6.92 Å². The van der Waals surface area contributed by atoms with Gasteiger partial charge in [-0.2, -0.15) is 0 Å². The normalized spacial score (nSPS) is 10.8. The standard InChI is InChI=1S/C23H28N4O4S2/c1-7-30-22(29)20-15(4)16(5)33-21(20)24-19(28)12-32-23-26-25-18(27(23)6)11-31-17-9-8-13(2)14(3)10-17/h8-10H,7,11-12H2,1-6H3,(H,24,28). The largest absolute Gasteiger partial charge is 0.486 e. The molecule has 0 spiro atoms. The number of nitrogens with one attached hydrogen (secondary N) is 1. The molecule has 0 aliphatic heterocycles. The molecule has 3 aromatic rings. The second-order valence-electron chi connectivity index (χ2n) is 7.54. The van der Waals surface area contributed by atoms with Gasteiger partial charge in [0.15, 0.2) is 11.0 Å². The number of carbonyl (C=O) groups is 2. The van der Waals surface area contributed by atoms with Crippen molar-refractivity contribution in [1.29, 1.82) is 0 Å². The van der Waals surface area contributed by atoms with E-state index in [9.17, 15) is 9.59 Å². The van der Waals surface area contributed by atoms with Crippen LogP contribution in [0.5, 0.6) is 5.75 Å². The molecule has 0 bridgehead atoms. The Bertz CT molecular complexity index is 1170. The van der Waals surface area contributed by atoms with Crippen molar-refractivity contribution in [3.63, 3.8) is 0 Å². The molecule has 0 saturated heterocycles. The molecule has 1 aromatic carbocycles. The second-order valence-corrected chi connectivity index (χ2v) is 9.70. The molecule has 1 amide bonds. The first kappa shape index (κ1) is 24.8. The van der Waals surface area contributed by atoms with Gasteiger partial charge in [0.2, 0.25) is 5.91 Å². The van der Waals surface area contributed by atoms with Gasteiger partial charge in [-0.25, -0.2) is 4.79 Å². The summed E-state index contributed by atoms with van der Waals surface area (Å²) in [6, 6.07) is 5.94. The number of carbonyl (C=O) groups excluding carboxylic acids is 2. The quantitative estimate of drug-likeness (QED) is 0.347. The van der Waals surface area contributed by atoms with Crippen LogP contribution >= 0.6 is 23.1 Å². The minimum atomic E-state index is -0.427. The van der Waals surface area contributed by atoms with Gasteiger partial charge < -0.3 is 19.4 Å². The number of aromatic nitrogens is 3. The Balaban J connectivity index is 1.59. The van der Waals surface area contributed by atoms with Gasteiger partial charge in [-0.05, 0) is 63.4 Å². The minimum Gasteiger partial charge on any atom is -0.486 e. The van der Waals surface area contributed by atoms with Gasteiger partial charge in [-0.1, -0.05) is 17.8 Å². The van der Waals surface area contributed by atoms with Crippen molar-refractivity contribution >= 4 is 40.0 Å². The summed E-state index contributed by atoms with van der Waals surface area (Å²) in [6.07, 6.45) is 0. The number of rotatable bonds is 9. The zero-order chi connectivity index (χ0) is 24.1. The number of amides is 1. The maximum absolute atomic E-state index is 12.6. The molecule has 1 N–H and O–H groups in total. The first-order chi connectivity index (χ1) is 15.7. The highest BCUT2D eigenvalue weighted by molar-refractivity contribution is 7.99. The van der Waals surface area contributed by atoms with Crippen molar-refractivity contribution in [3.05, 3.63) is 51.2 Å². The van der Waals surface area contributed by atoms with Crippen molar-refractivity contribution in [2.24, 2.45) is 7.05 Å². The highest BCUT2D eigenvalue weighted by Crippen LogP contribution is 2.33. The second kappa shape index (κ2) is 10.8. The van der Waals surface area contributed by atoms with E-state index in [1.165, 1.54) is 28.7 Å². The van der Waals surface area contributed by atoms with Crippen LogP contribution in [0.4, 0.5) is 5.00 Å². The number of hydrogen-bond acceptors (Lipinski definition) is 8. The lowest BCUT2D eigenvalue weighted by molar-refractivity contribution is -0.113. The number of thiophene rings is 1. The molecule has 2 aromatic heterocycles. The third-order valence-corrected chi connectivity index (χ3v) is 7.36. The molecule has 0 radical (unpaired) electrons. The summed E-state index contributed by atoms with van der Waals surface area (Å²) in [4.78, 5) is 25.8. The third kappa shape index (κ3) is 5.94. The predicted octanol–water partition coefficient (Wildman–Crippen LogP) is 4.60. The summed E-state index contributed by atoms with van der Waals surface area (Å²) in [6.45, 7) is 10.2. The number of ether oxygens (including phenoxy) is 2. The van der Waals surface area contributed by atoms with E-state index in [-0.39, 0.29) is 24.9 Å². The average Bonchev–Trinajstić information content (AvgIpc) is 3.26. The van der Waals surface area contributed by atoms with Crippen molar-refractivity contribution in [3.8, 4) is 5.75 Å². The van der Waals surface area contributed by atoms with Gasteiger partial charge in [0.25, 0.3) is 0 Å². The molecule has 3 rings (SSSR count). The van der Waals surface area contributed by atoms with Gasteiger partial charge in [0.1, 0.15) is 17.4 Å². The zero-order valence-corrected chi connectivity index (χ0v) is 21.3. The van der Waals surface area contributed by atoms with E-state index in [2.05, 4.69) is 22.4 Å². The smallest absolute Gasteiger partial charge is 0.341 e. The Labute approximate surface area is 201 Å². The number of benzene rings is 1. The summed E-state index contributed by atoms with van der Waals surface area (Å²) in [5.74, 6) is 0.896. The summed E-state index contributed by atoms with van der Waals surface area (Å²) in [7, 11) is 1.84. The number of thioether (sulfide) groups is 1. The highest BCUT2D eigenvalue weighted by atomic mass is 32.2. The first-order valence-electron chi connectivity index (χ1n) is 10.5. The number of anilines is 1. The average molecular weight is 489 g/mol.